The zero-order chi connectivity index (χ0) is 19.9. The Labute approximate surface area is 162 Å². The molecule has 2 amide bonds. The number of pyridine rings is 1. The second-order valence-electron chi connectivity index (χ2n) is 6.15. The van der Waals surface area contributed by atoms with Crippen molar-refractivity contribution in [3.8, 4) is 6.07 Å². The molecule has 0 saturated carbocycles. The Hall–Kier alpha value is -3.98. The lowest BCUT2D eigenvalue weighted by atomic mass is 10.1. The highest BCUT2D eigenvalue weighted by atomic mass is 16.2. The minimum absolute atomic E-state index is 0.148. The lowest BCUT2D eigenvalue weighted by Gasteiger charge is -2.09. The lowest BCUT2D eigenvalue weighted by Crippen LogP contribution is -2.24. The van der Waals surface area contributed by atoms with E-state index in [-0.39, 0.29) is 17.2 Å². The maximum absolute atomic E-state index is 12.5. The summed E-state index contributed by atoms with van der Waals surface area (Å²) in [6.07, 6.45) is 1.41. The summed E-state index contributed by atoms with van der Waals surface area (Å²) in [5.41, 5.74) is 3.30. The van der Waals surface area contributed by atoms with Crippen molar-refractivity contribution in [1.82, 2.24) is 10.3 Å². The molecule has 0 aliphatic heterocycles. The molecule has 0 spiro atoms. The van der Waals surface area contributed by atoms with Crippen molar-refractivity contribution in [2.24, 2.45) is 0 Å². The predicted octanol–water partition coefficient (Wildman–Crippen LogP) is 3.44. The van der Waals surface area contributed by atoms with Crippen molar-refractivity contribution in [1.29, 1.82) is 5.26 Å². The number of para-hydroxylation sites is 1. The number of aromatic nitrogens is 1. The number of benzene rings is 2. The van der Waals surface area contributed by atoms with Gasteiger partial charge in [-0.15, -0.1) is 0 Å². The van der Waals surface area contributed by atoms with E-state index in [1.165, 1.54) is 18.3 Å². The molecule has 6 heteroatoms. The fourth-order valence-corrected chi connectivity index (χ4v) is 2.65. The first-order chi connectivity index (χ1) is 13.6. The standard InChI is InChI=1S/C22H18N4O2/c1-15-6-2-3-8-18(15)14-25-22(28)20-12-16(10-11-24-20)21(27)26-19-9-5-4-7-17(19)13-23/h2-12H,14H2,1H3,(H,25,28)(H,26,27). The number of aryl methyl sites for hydroxylation is 1. The fraction of sp³-hybridized carbons (Fsp3) is 0.0909. The maximum Gasteiger partial charge on any atom is 0.270 e. The summed E-state index contributed by atoms with van der Waals surface area (Å²) < 4.78 is 0. The van der Waals surface area contributed by atoms with Gasteiger partial charge in [0.05, 0.1) is 11.3 Å². The molecule has 0 unspecified atom stereocenters. The Balaban J connectivity index is 1.71. The van der Waals surface area contributed by atoms with Crippen LogP contribution < -0.4 is 10.6 Å². The molecular formula is C22H18N4O2. The van der Waals surface area contributed by atoms with Crippen LogP contribution in [0, 0.1) is 18.3 Å². The van der Waals surface area contributed by atoms with Gasteiger partial charge in [-0.1, -0.05) is 36.4 Å². The van der Waals surface area contributed by atoms with E-state index in [1.54, 1.807) is 24.3 Å². The average molecular weight is 370 g/mol. The predicted molar refractivity (Wildman–Crippen MR) is 106 cm³/mol. The summed E-state index contributed by atoms with van der Waals surface area (Å²) >= 11 is 0. The summed E-state index contributed by atoms with van der Waals surface area (Å²) in [5.74, 6) is -0.784. The lowest BCUT2D eigenvalue weighted by molar-refractivity contribution is 0.0946. The van der Waals surface area contributed by atoms with Crippen LogP contribution in [0.3, 0.4) is 0 Å². The molecule has 0 aliphatic carbocycles. The van der Waals surface area contributed by atoms with Gasteiger partial charge in [0.1, 0.15) is 11.8 Å². The molecule has 0 radical (unpaired) electrons. The van der Waals surface area contributed by atoms with Gasteiger partial charge in [0, 0.05) is 18.3 Å². The summed E-state index contributed by atoms with van der Waals surface area (Å²) in [4.78, 5) is 29.0. The largest absolute Gasteiger partial charge is 0.347 e. The van der Waals surface area contributed by atoms with E-state index >= 15 is 0 Å². The molecule has 0 fully saturated rings. The van der Waals surface area contributed by atoms with Crippen LogP contribution in [0.15, 0.2) is 66.9 Å². The van der Waals surface area contributed by atoms with Crippen molar-refractivity contribution < 1.29 is 9.59 Å². The normalized spacial score (nSPS) is 10.0. The van der Waals surface area contributed by atoms with Crippen molar-refractivity contribution in [2.75, 3.05) is 5.32 Å². The zero-order valence-corrected chi connectivity index (χ0v) is 15.3. The first-order valence-corrected chi connectivity index (χ1v) is 8.67. The number of nitrogens with zero attached hydrogens (tertiary/aromatic N) is 2. The number of hydrogen-bond acceptors (Lipinski definition) is 4. The van der Waals surface area contributed by atoms with Crippen LogP contribution in [0.5, 0.6) is 0 Å². The quantitative estimate of drug-likeness (QED) is 0.719. The molecule has 0 bridgehead atoms. The number of hydrogen-bond donors (Lipinski definition) is 2. The first-order valence-electron chi connectivity index (χ1n) is 8.67. The molecule has 1 heterocycles. The van der Waals surface area contributed by atoms with Crippen LogP contribution in [0.2, 0.25) is 0 Å². The van der Waals surface area contributed by atoms with Crippen molar-refractivity contribution in [2.45, 2.75) is 13.5 Å². The third kappa shape index (κ3) is 4.40. The highest BCUT2D eigenvalue weighted by molar-refractivity contribution is 6.06. The third-order valence-corrected chi connectivity index (χ3v) is 4.25. The van der Waals surface area contributed by atoms with Gasteiger partial charge in [-0.05, 0) is 42.3 Å². The number of nitriles is 1. The Morgan fingerprint density at radius 1 is 1.04 bits per heavy atom. The van der Waals surface area contributed by atoms with Gasteiger partial charge < -0.3 is 10.6 Å². The van der Waals surface area contributed by atoms with E-state index in [4.69, 9.17) is 5.26 Å². The fourth-order valence-electron chi connectivity index (χ4n) is 2.65. The number of rotatable bonds is 5. The molecule has 2 N–H and O–H groups in total. The second-order valence-corrected chi connectivity index (χ2v) is 6.15. The van der Waals surface area contributed by atoms with E-state index in [0.29, 0.717) is 17.8 Å². The van der Waals surface area contributed by atoms with Crippen LogP contribution in [-0.2, 0) is 6.54 Å². The Morgan fingerprint density at radius 2 is 1.79 bits per heavy atom. The third-order valence-electron chi connectivity index (χ3n) is 4.25. The minimum Gasteiger partial charge on any atom is -0.347 e. The van der Waals surface area contributed by atoms with Gasteiger partial charge >= 0.3 is 0 Å². The molecular weight excluding hydrogens is 352 g/mol. The van der Waals surface area contributed by atoms with E-state index in [1.807, 2.05) is 37.3 Å². The molecule has 6 nitrogen and oxygen atoms in total. The number of nitrogens with one attached hydrogen (secondary N) is 2. The van der Waals surface area contributed by atoms with Crippen molar-refractivity contribution in [3.63, 3.8) is 0 Å². The summed E-state index contributed by atoms with van der Waals surface area (Å²) in [5, 5.41) is 14.6. The molecule has 138 valence electrons. The molecule has 28 heavy (non-hydrogen) atoms. The van der Waals surface area contributed by atoms with E-state index in [0.717, 1.165) is 11.1 Å². The molecule has 2 aromatic carbocycles. The Morgan fingerprint density at radius 3 is 2.57 bits per heavy atom. The number of amides is 2. The van der Waals surface area contributed by atoms with Gasteiger partial charge in [-0.25, -0.2) is 0 Å². The molecule has 3 rings (SSSR count). The molecule has 0 atom stereocenters. The van der Waals surface area contributed by atoms with E-state index < -0.39 is 5.91 Å². The van der Waals surface area contributed by atoms with Gasteiger partial charge in [0.2, 0.25) is 0 Å². The Bertz CT molecular complexity index is 1070. The smallest absolute Gasteiger partial charge is 0.270 e. The summed E-state index contributed by atoms with van der Waals surface area (Å²) in [7, 11) is 0. The van der Waals surface area contributed by atoms with Crippen LogP contribution in [0.25, 0.3) is 0 Å². The van der Waals surface area contributed by atoms with Gasteiger partial charge in [-0.2, -0.15) is 5.26 Å². The monoisotopic (exact) mass is 370 g/mol. The summed E-state index contributed by atoms with van der Waals surface area (Å²) in [6.45, 7) is 2.35. The van der Waals surface area contributed by atoms with Gasteiger partial charge in [-0.3, -0.25) is 14.6 Å². The first kappa shape index (κ1) is 18.8. The zero-order valence-electron chi connectivity index (χ0n) is 15.3. The highest BCUT2D eigenvalue weighted by Gasteiger charge is 2.13. The maximum atomic E-state index is 12.5. The molecule has 0 saturated heterocycles. The van der Waals surface area contributed by atoms with Crippen LogP contribution >= 0.6 is 0 Å². The topological polar surface area (TPSA) is 94.9 Å². The number of anilines is 1. The van der Waals surface area contributed by atoms with Gasteiger partial charge in [0.25, 0.3) is 11.8 Å². The molecule has 1 aromatic heterocycles. The minimum atomic E-state index is -0.418. The number of carbonyl (C=O) groups excluding carboxylic acids is 2. The van der Waals surface area contributed by atoms with Crippen molar-refractivity contribution >= 4 is 17.5 Å². The molecule has 0 aliphatic rings. The van der Waals surface area contributed by atoms with Crippen LogP contribution in [-0.4, -0.2) is 16.8 Å². The number of carbonyl (C=O) groups is 2. The van der Waals surface area contributed by atoms with Crippen LogP contribution in [0.4, 0.5) is 5.69 Å². The molecule has 3 aromatic rings. The van der Waals surface area contributed by atoms with E-state index in [2.05, 4.69) is 15.6 Å². The average Bonchev–Trinajstić information content (AvgIpc) is 2.73. The van der Waals surface area contributed by atoms with E-state index in [9.17, 15) is 9.59 Å². The van der Waals surface area contributed by atoms with Crippen LogP contribution in [0.1, 0.15) is 37.5 Å². The summed E-state index contributed by atoms with van der Waals surface area (Å²) in [6, 6.07) is 19.5. The second kappa shape index (κ2) is 8.60. The SMILES string of the molecule is Cc1ccccc1CNC(=O)c1cc(C(=O)Nc2ccccc2C#N)ccn1. The Kier molecular flexibility index (Phi) is 5.78. The highest BCUT2D eigenvalue weighted by Crippen LogP contribution is 2.15. The van der Waals surface area contributed by atoms with Crippen molar-refractivity contribution in [3.05, 3.63) is 94.8 Å². The van der Waals surface area contributed by atoms with Gasteiger partial charge in [0.15, 0.2) is 0 Å².